The van der Waals surface area contributed by atoms with Crippen LogP contribution in [0.1, 0.15) is 5.56 Å². The van der Waals surface area contributed by atoms with E-state index in [2.05, 4.69) is 10.4 Å². The molecular formula is C12H14FN3O. The lowest BCUT2D eigenvalue weighted by Gasteiger charge is -2.03. The molecule has 0 aliphatic heterocycles. The second-order valence-electron chi connectivity index (χ2n) is 3.70. The summed E-state index contributed by atoms with van der Waals surface area (Å²) in [6, 6.07) is 6.45. The van der Waals surface area contributed by atoms with E-state index < -0.39 is 0 Å². The van der Waals surface area contributed by atoms with E-state index in [0.29, 0.717) is 13.1 Å². The molecule has 90 valence electrons. The molecule has 0 saturated heterocycles. The Morgan fingerprint density at radius 2 is 2.29 bits per heavy atom. The molecular weight excluding hydrogens is 221 g/mol. The molecule has 1 aromatic heterocycles. The highest BCUT2D eigenvalue weighted by atomic mass is 19.1. The topological polar surface area (TPSA) is 50.1 Å². The molecule has 0 spiro atoms. The van der Waals surface area contributed by atoms with E-state index in [1.165, 1.54) is 12.1 Å². The number of hydrogen-bond acceptors (Lipinski definition) is 3. The first-order valence-corrected chi connectivity index (χ1v) is 5.39. The highest BCUT2D eigenvalue weighted by Crippen LogP contribution is 2.09. The Morgan fingerprint density at radius 3 is 3.06 bits per heavy atom. The predicted molar refractivity (Wildman–Crippen MR) is 63.0 cm³/mol. The molecule has 0 saturated carbocycles. The second-order valence-corrected chi connectivity index (χ2v) is 3.70. The third kappa shape index (κ3) is 3.29. The maximum Gasteiger partial charge on any atom is 0.123 e. The number of anilines is 1. The molecule has 5 heteroatoms. The number of aliphatic hydroxyl groups is 1. The number of nitrogens with one attached hydrogen (secondary N) is 1. The fourth-order valence-electron chi connectivity index (χ4n) is 1.53. The molecule has 0 bridgehead atoms. The van der Waals surface area contributed by atoms with Gasteiger partial charge in [-0.1, -0.05) is 12.1 Å². The van der Waals surface area contributed by atoms with Crippen molar-refractivity contribution in [3.05, 3.63) is 48.0 Å². The maximum absolute atomic E-state index is 12.9. The van der Waals surface area contributed by atoms with E-state index in [4.69, 9.17) is 5.11 Å². The number of nitrogens with zero attached hydrogens (tertiary/aromatic N) is 2. The summed E-state index contributed by atoms with van der Waals surface area (Å²) < 4.78 is 14.6. The first kappa shape index (κ1) is 11.6. The standard InChI is InChI=1S/C12H14FN3O/c13-11-3-1-2-10(6-11)7-14-12-8-15-16(9-12)4-5-17/h1-3,6,8-9,14,17H,4-5,7H2. The normalized spacial score (nSPS) is 10.5. The van der Waals surface area contributed by atoms with Crippen LogP contribution in [0.3, 0.4) is 0 Å². The molecule has 0 aliphatic rings. The summed E-state index contributed by atoms with van der Waals surface area (Å²) in [5.74, 6) is -0.236. The lowest BCUT2D eigenvalue weighted by atomic mass is 10.2. The summed E-state index contributed by atoms with van der Waals surface area (Å²) in [6.45, 7) is 1.08. The Bertz CT molecular complexity index is 484. The van der Waals surface area contributed by atoms with Crippen LogP contribution < -0.4 is 5.32 Å². The van der Waals surface area contributed by atoms with Crippen molar-refractivity contribution in [1.82, 2.24) is 9.78 Å². The van der Waals surface area contributed by atoms with Crippen molar-refractivity contribution in [3.8, 4) is 0 Å². The molecule has 1 aromatic carbocycles. The molecule has 0 fully saturated rings. The van der Waals surface area contributed by atoms with Crippen LogP contribution in [0.4, 0.5) is 10.1 Å². The highest BCUT2D eigenvalue weighted by molar-refractivity contribution is 5.39. The van der Waals surface area contributed by atoms with Crippen LogP contribution in [0.25, 0.3) is 0 Å². The molecule has 2 rings (SSSR count). The van der Waals surface area contributed by atoms with Gasteiger partial charge < -0.3 is 10.4 Å². The Balaban J connectivity index is 1.93. The monoisotopic (exact) mass is 235 g/mol. The van der Waals surface area contributed by atoms with Crippen molar-refractivity contribution in [2.24, 2.45) is 0 Å². The van der Waals surface area contributed by atoms with Gasteiger partial charge in [0.25, 0.3) is 0 Å². The number of rotatable bonds is 5. The fraction of sp³-hybridized carbons (Fsp3) is 0.250. The molecule has 0 amide bonds. The van der Waals surface area contributed by atoms with E-state index in [9.17, 15) is 4.39 Å². The fourth-order valence-corrected chi connectivity index (χ4v) is 1.53. The zero-order valence-corrected chi connectivity index (χ0v) is 9.31. The SMILES string of the molecule is OCCn1cc(NCc2cccc(F)c2)cn1. The van der Waals surface area contributed by atoms with Gasteiger partial charge in [0, 0.05) is 12.7 Å². The minimum atomic E-state index is -0.236. The Kier molecular flexibility index (Phi) is 3.72. The number of aliphatic hydroxyl groups excluding tert-OH is 1. The van der Waals surface area contributed by atoms with E-state index in [1.807, 2.05) is 6.07 Å². The average molecular weight is 235 g/mol. The van der Waals surface area contributed by atoms with Gasteiger partial charge in [0.1, 0.15) is 5.82 Å². The molecule has 0 aliphatic carbocycles. The van der Waals surface area contributed by atoms with Crippen molar-refractivity contribution < 1.29 is 9.50 Å². The van der Waals surface area contributed by atoms with Crippen LogP contribution >= 0.6 is 0 Å². The number of benzene rings is 1. The summed E-state index contributed by atoms with van der Waals surface area (Å²) in [5.41, 5.74) is 1.72. The molecule has 0 unspecified atom stereocenters. The van der Waals surface area contributed by atoms with Crippen LogP contribution in [0.2, 0.25) is 0 Å². The van der Waals surface area contributed by atoms with E-state index in [0.717, 1.165) is 11.3 Å². The summed E-state index contributed by atoms with van der Waals surface area (Å²) in [7, 11) is 0. The van der Waals surface area contributed by atoms with Gasteiger partial charge in [-0.3, -0.25) is 4.68 Å². The molecule has 0 atom stereocenters. The molecule has 4 nitrogen and oxygen atoms in total. The third-order valence-electron chi connectivity index (χ3n) is 2.35. The molecule has 0 radical (unpaired) electrons. The first-order valence-electron chi connectivity index (χ1n) is 5.39. The predicted octanol–water partition coefficient (Wildman–Crippen LogP) is 1.63. The third-order valence-corrected chi connectivity index (χ3v) is 2.35. The summed E-state index contributed by atoms with van der Waals surface area (Å²) >= 11 is 0. The maximum atomic E-state index is 12.9. The van der Waals surface area contributed by atoms with Crippen LogP contribution in [0, 0.1) is 5.82 Å². The van der Waals surface area contributed by atoms with Crippen molar-refractivity contribution >= 4 is 5.69 Å². The van der Waals surface area contributed by atoms with Gasteiger partial charge in [-0.2, -0.15) is 5.10 Å². The largest absolute Gasteiger partial charge is 0.394 e. The van der Waals surface area contributed by atoms with E-state index >= 15 is 0 Å². The molecule has 2 N–H and O–H groups in total. The van der Waals surface area contributed by atoms with Gasteiger partial charge >= 0.3 is 0 Å². The lowest BCUT2D eigenvalue weighted by Crippen LogP contribution is -2.02. The Morgan fingerprint density at radius 1 is 1.41 bits per heavy atom. The Hall–Kier alpha value is -1.88. The molecule has 1 heterocycles. The van der Waals surface area contributed by atoms with Crippen molar-refractivity contribution in [2.75, 3.05) is 11.9 Å². The number of hydrogen-bond donors (Lipinski definition) is 2. The van der Waals surface area contributed by atoms with Gasteiger partial charge in [0.15, 0.2) is 0 Å². The van der Waals surface area contributed by atoms with Gasteiger partial charge in [-0.25, -0.2) is 4.39 Å². The van der Waals surface area contributed by atoms with Crippen LogP contribution in [0.15, 0.2) is 36.7 Å². The smallest absolute Gasteiger partial charge is 0.123 e. The minimum absolute atomic E-state index is 0.0605. The first-order chi connectivity index (χ1) is 8.28. The summed E-state index contributed by atoms with van der Waals surface area (Å²) in [4.78, 5) is 0. The average Bonchev–Trinajstić information content (AvgIpc) is 2.75. The zero-order chi connectivity index (χ0) is 12.1. The zero-order valence-electron chi connectivity index (χ0n) is 9.31. The number of aromatic nitrogens is 2. The van der Waals surface area contributed by atoms with Gasteiger partial charge in [0.05, 0.1) is 25.0 Å². The number of halogens is 1. The summed E-state index contributed by atoms with van der Waals surface area (Å²) in [5, 5.41) is 15.9. The van der Waals surface area contributed by atoms with Gasteiger partial charge in [-0.15, -0.1) is 0 Å². The van der Waals surface area contributed by atoms with Crippen LogP contribution in [-0.2, 0) is 13.1 Å². The van der Waals surface area contributed by atoms with E-state index in [-0.39, 0.29) is 12.4 Å². The second kappa shape index (κ2) is 5.45. The van der Waals surface area contributed by atoms with Gasteiger partial charge in [-0.05, 0) is 17.7 Å². The minimum Gasteiger partial charge on any atom is -0.394 e. The van der Waals surface area contributed by atoms with Crippen LogP contribution in [0.5, 0.6) is 0 Å². The molecule has 17 heavy (non-hydrogen) atoms. The van der Waals surface area contributed by atoms with Crippen molar-refractivity contribution in [1.29, 1.82) is 0 Å². The van der Waals surface area contributed by atoms with Gasteiger partial charge in [0.2, 0.25) is 0 Å². The van der Waals surface area contributed by atoms with E-state index in [1.54, 1.807) is 23.1 Å². The lowest BCUT2D eigenvalue weighted by molar-refractivity contribution is 0.269. The van der Waals surface area contributed by atoms with Crippen molar-refractivity contribution in [2.45, 2.75) is 13.1 Å². The Labute approximate surface area is 98.7 Å². The summed E-state index contributed by atoms with van der Waals surface area (Å²) in [6.07, 6.45) is 3.48. The quantitative estimate of drug-likeness (QED) is 0.828. The highest BCUT2D eigenvalue weighted by Gasteiger charge is 1.99. The van der Waals surface area contributed by atoms with Crippen molar-refractivity contribution in [3.63, 3.8) is 0 Å². The van der Waals surface area contributed by atoms with Crippen LogP contribution in [-0.4, -0.2) is 21.5 Å². The molecule has 2 aromatic rings.